The van der Waals surface area contributed by atoms with Crippen LogP contribution in [-0.2, 0) is 4.79 Å². The van der Waals surface area contributed by atoms with Gasteiger partial charge in [0.05, 0.1) is 0 Å². The van der Waals surface area contributed by atoms with Crippen molar-refractivity contribution in [3.63, 3.8) is 0 Å². The lowest BCUT2D eigenvalue weighted by Crippen LogP contribution is -2.07. The van der Waals surface area contributed by atoms with Crippen LogP contribution in [0, 0.1) is 12.3 Å². The van der Waals surface area contributed by atoms with Gasteiger partial charge < -0.3 is 9.47 Å². The molecule has 0 aliphatic rings. The first kappa shape index (κ1) is 20.6. The highest BCUT2D eigenvalue weighted by Crippen LogP contribution is 2.25. The largest absolute Gasteiger partial charge is 0.481 e. The summed E-state index contributed by atoms with van der Waals surface area (Å²) in [6.07, 6.45) is 12.6. The second-order valence-electron chi connectivity index (χ2n) is 6.53. The molecule has 0 bridgehead atoms. The van der Waals surface area contributed by atoms with Gasteiger partial charge in [-0.05, 0) is 41.8 Å². The van der Waals surface area contributed by atoms with Crippen LogP contribution >= 0.6 is 0 Å². The first-order valence-corrected chi connectivity index (χ1v) is 9.70. The second kappa shape index (κ2) is 11.8. The van der Waals surface area contributed by atoms with E-state index in [1.165, 1.54) is 25.7 Å². The standard InChI is InChI=1S/C24H28O3/c1-3-5-6-7-8-9-10-24(25)27-23-17-13-21(14-18-23)20-11-15-22(16-12-20)26-19-4-2/h2,11-18H,3,5-10,19H2,1H3. The third kappa shape index (κ3) is 7.58. The summed E-state index contributed by atoms with van der Waals surface area (Å²) in [5, 5.41) is 0. The van der Waals surface area contributed by atoms with E-state index in [0.717, 1.165) is 29.7 Å². The molecule has 0 saturated carbocycles. The molecule has 0 saturated heterocycles. The summed E-state index contributed by atoms with van der Waals surface area (Å²) in [4.78, 5) is 11.9. The molecule has 0 amide bonds. The summed E-state index contributed by atoms with van der Waals surface area (Å²) in [6.45, 7) is 2.46. The van der Waals surface area contributed by atoms with E-state index in [4.69, 9.17) is 15.9 Å². The van der Waals surface area contributed by atoms with E-state index in [-0.39, 0.29) is 12.6 Å². The van der Waals surface area contributed by atoms with E-state index in [1.54, 1.807) is 0 Å². The fraction of sp³-hybridized carbons (Fsp3) is 0.375. The maximum atomic E-state index is 11.9. The van der Waals surface area contributed by atoms with Crippen LogP contribution in [0.4, 0.5) is 0 Å². The van der Waals surface area contributed by atoms with Gasteiger partial charge in [0.1, 0.15) is 18.1 Å². The van der Waals surface area contributed by atoms with Crippen LogP contribution in [0.2, 0.25) is 0 Å². The molecule has 0 unspecified atom stereocenters. The molecular weight excluding hydrogens is 336 g/mol. The molecule has 0 aromatic heterocycles. The van der Waals surface area contributed by atoms with Gasteiger partial charge in [-0.25, -0.2) is 0 Å². The molecule has 0 aliphatic heterocycles. The fourth-order valence-electron chi connectivity index (χ4n) is 2.82. The number of terminal acetylenes is 1. The van der Waals surface area contributed by atoms with Gasteiger partial charge in [0.15, 0.2) is 0 Å². The molecule has 2 aromatic rings. The number of hydrogen-bond acceptors (Lipinski definition) is 3. The van der Waals surface area contributed by atoms with Crippen molar-refractivity contribution in [2.24, 2.45) is 0 Å². The summed E-state index contributed by atoms with van der Waals surface area (Å²) in [6, 6.07) is 15.3. The van der Waals surface area contributed by atoms with Crippen LogP contribution in [0.3, 0.4) is 0 Å². The smallest absolute Gasteiger partial charge is 0.311 e. The van der Waals surface area contributed by atoms with E-state index >= 15 is 0 Å². The molecule has 0 aliphatic carbocycles. The van der Waals surface area contributed by atoms with Crippen molar-refractivity contribution in [3.05, 3.63) is 48.5 Å². The zero-order chi connectivity index (χ0) is 19.3. The number of ether oxygens (including phenoxy) is 2. The summed E-state index contributed by atoms with van der Waals surface area (Å²) < 4.78 is 10.8. The maximum absolute atomic E-state index is 11.9. The first-order chi connectivity index (χ1) is 13.2. The molecule has 3 nitrogen and oxygen atoms in total. The van der Waals surface area contributed by atoms with Crippen molar-refractivity contribution >= 4 is 5.97 Å². The number of hydrogen-bond donors (Lipinski definition) is 0. The van der Waals surface area contributed by atoms with Crippen molar-refractivity contribution in [1.29, 1.82) is 0 Å². The molecular formula is C24H28O3. The molecule has 0 radical (unpaired) electrons. The lowest BCUT2D eigenvalue weighted by Gasteiger charge is -2.07. The van der Waals surface area contributed by atoms with E-state index in [9.17, 15) is 4.79 Å². The Balaban J connectivity index is 1.79. The Morgan fingerprint density at radius 1 is 0.852 bits per heavy atom. The molecule has 0 heterocycles. The van der Waals surface area contributed by atoms with E-state index in [2.05, 4.69) is 12.8 Å². The number of benzene rings is 2. The quantitative estimate of drug-likeness (QED) is 0.212. The number of unbranched alkanes of at least 4 members (excludes halogenated alkanes) is 5. The lowest BCUT2D eigenvalue weighted by atomic mass is 10.1. The molecule has 142 valence electrons. The second-order valence-corrected chi connectivity index (χ2v) is 6.53. The SMILES string of the molecule is C#CCOc1ccc(-c2ccc(OC(=O)CCCCCCCC)cc2)cc1. The molecule has 2 rings (SSSR count). The third-order valence-electron chi connectivity index (χ3n) is 4.33. The van der Waals surface area contributed by atoms with Crippen LogP contribution < -0.4 is 9.47 Å². The van der Waals surface area contributed by atoms with Crippen LogP contribution in [0.15, 0.2) is 48.5 Å². The van der Waals surface area contributed by atoms with Crippen molar-refractivity contribution in [3.8, 4) is 35.0 Å². The van der Waals surface area contributed by atoms with Gasteiger partial charge in [0.25, 0.3) is 0 Å². The number of rotatable bonds is 11. The summed E-state index contributed by atoms with van der Waals surface area (Å²) in [5.74, 6) is 3.62. The molecule has 3 heteroatoms. The first-order valence-electron chi connectivity index (χ1n) is 9.70. The van der Waals surface area contributed by atoms with Gasteiger partial charge in [-0.3, -0.25) is 4.79 Å². The molecule has 2 aromatic carbocycles. The Kier molecular flexibility index (Phi) is 9.00. The number of carbonyl (C=O) groups excluding carboxylic acids is 1. The predicted octanol–water partition coefficient (Wildman–Crippen LogP) is 6.02. The Labute approximate surface area is 162 Å². The van der Waals surface area contributed by atoms with E-state index < -0.39 is 0 Å². The van der Waals surface area contributed by atoms with Gasteiger partial charge in [0.2, 0.25) is 0 Å². The lowest BCUT2D eigenvalue weighted by molar-refractivity contribution is -0.134. The van der Waals surface area contributed by atoms with E-state index in [1.807, 2.05) is 48.5 Å². The van der Waals surface area contributed by atoms with Crippen molar-refractivity contribution in [1.82, 2.24) is 0 Å². The normalized spacial score (nSPS) is 10.2. The van der Waals surface area contributed by atoms with Gasteiger partial charge >= 0.3 is 5.97 Å². The Morgan fingerprint density at radius 2 is 1.41 bits per heavy atom. The summed E-state index contributed by atoms with van der Waals surface area (Å²) in [7, 11) is 0. The third-order valence-corrected chi connectivity index (χ3v) is 4.33. The van der Waals surface area contributed by atoms with E-state index in [0.29, 0.717) is 12.2 Å². The van der Waals surface area contributed by atoms with Gasteiger partial charge in [-0.2, -0.15) is 0 Å². The monoisotopic (exact) mass is 364 g/mol. The minimum Gasteiger partial charge on any atom is -0.481 e. The minimum atomic E-state index is -0.159. The van der Waals surface area contributed by atoms with Crippen LogP contribution in [0.1, 0.15) is 51.9 Å². The highest BCUT2D eigenvalue weighted by Gasteiger charge is 2.06. The molecule has 0 atom stereocenters. The van der Waals surface area contributed by atoms with Gasteiger partial charge in [0, 0.05) is 6.42 Å². The molecule has 0 fully saturated rings. The Hall–Kier alpha value is -2.73. The van der Waals surface area contributed by atoms with Crippen LogP contribution in [0.5, 0.6) is 11.5 Å². The maximum Gasteiger partial charge on any atom is 0.311 e. The fourth-order valence-corrected chi connectivity index (χ4v) is 2.82. The molecule has 27 heavy (non-hydrogen) atoms. The topological polar surface area (TPSA) is 35.5 Å². The number of esters is 1. The highest BCUT2D eigenvalue weighted by atomic mass is 16.5. The summed E-state index contributed by atoms with van der Waals surface area (Å²) in [5.41, 5.74) is 2.11. The van der Waals surface area contributed by atoms with Crippen LogP contribution in [-0.4, -0.2) is 12.6 Å². The molecule has 0 N–H and O–H groups in total. The number of carbonyl (C=O) groups is 1. The van der Waals surface area contributed by atoms with Crippen molar-refractivity contribution in [2.45, 2.75) is 51.9 Å². The summed E-state index contributed by atoms with van der Waals surface area (Å²) >= 11 is 0. The molecule has 0 spiro atoms. The zero-order valence-corrected chi connectivity index (χ0v) is 16.1. The van der Waals surface area contributed by atoms with Crippen molar-refractivity contribution < 1.29 is 14.3 Å². The Morgan fingerprint density at radius 3 is 2.00 bits per heavy atom. The average molecular weight is 364 g/mol. The average Bonchev–Trinajstić information content (AvgIpc) is 2.70. The zero-order valence-electron chi connectivity index (χ0n) is 16.1. The Bertz CT molecular complexity index is 724. The minimum absolute atomic E-state index is 0.159. The van der Waals surface area contributed by atoms with Gasteiger partial charge in [-0.15, -0.1) is 6.42 Å². The van der Waals surface area contributed by atoms with Crippen molar-refractivity contribution in [2.75, 3.05) is 6.61 Å². The predicted molar refractivity (Wildman–Crippen MR) is 110 cm³/mol. The highest BCUT2D eigenvalue weighted by molar-refractivity contribution is 5.73. The van der Waals surface area contributed by atoms with Gasteiger partial charge in [-0.1, -0.05) is 69.2 Å². The van der Waals surface area contributed by atoms with Crippen LogP contribution in [0.25, 0.3) is 11.1 Å².